The van der Waals surface area contributed by atoms with Crippen LogP contribution >= 0.6 is 50.4 Å². The van der Waals surface area contributed by atoms with E-state index < -0.39 is 11.6 Å². The van der Waals surface area contributed by atoms with Crippen LogP contribution in [-0.4, -0.2) is 11.6 Å². The van der Waals surface area contributed by atoms with Crippen molar-refractivity contribution in [2.24, 2.45) is 0 Å². The molecule has 5 rings (SSSR count). The minimum absolute atomic E-state index is 0.134. The average Bonchev–Trinajstić information content (AvgIpc) is 3.48. The summed E-state index contributed by atoms with van der Waals surface area (Å²) in [5, 5.41) is 2.66. The van der Waals surface area contributed by atoms with Gasteiger partial charge < -0.3 is 4.90 Å². The topological polar surface area (TPSA) is 29.1 Å². The Labute approximate surface area is 215 Å². The molecule has 0 radical (unpaired) electrons. The van der Waals surface area contributed by atoms with E-state index in [1.54, 1.807) is 33.9 Å². The Morgan fingerprint density at radius 2 is 2.00 bits per heavy atom. The molecule has 3 aromatic heterocycles. The van der Waals surface area contributed by atoms with E-state index in [9.17, 15) is 13.6 Å². The van der Waals surface area contributed by atoms with Crippen molar-refractivity contribution >= 4 is 67.2 Å². The van der Waals surface area contributed by atoms with Gasteiger partial charge in [-0.15, -0.1) is 22.7 Å². The van der Waals surface area contributed by atoms with Crippen molar-refractivity contribution in [3.8, 4) is 0 Å². The van der Waals surface area contributed by atoms with E-state index in [1.165, 1.54) is 16.9 Å². The van der Waals surface area contributed by atoms with Crippen LogP contribution in [0.15, 0.2) is 61.5 Å². The Morgan fingerprint density at radius 3 is 2.74 bits per heavy atom. The molecule has 1 aliphatic rings. The van der Waals surface area contributed by atoms with Crippen molar-refractivity contribution in [3.05, 3.63) is 94.2 Å². The summed E-state index contributed by atoms with van der Waals surface area (Å²) < 4.78 is 34.5. The van der Waals surface area contributed by atoms with Crippen LogP contribution in [0.4, 0.5) is 14.5 Å². The Kier molecular flexibility index (Phi) is 6.49. The molecule has 0 spiro atoms. The van der Waals surface area contributed by atoms with Gasteiger partial charge in [-0.25, -0.2) is 8.78 Å². The number of pyridine rings is 1. The Hall–Kier alpha value is -2.27. The van der Waals surface area contributed by atoms with Gasteiger partial charge in [-0.2, -0.15) is 4.57 Å². The van der Waals surface area contributed by atoms with Gasteiger partial charge in [-0.1, -0.05) is 11.8 Å². The molecule has 0 fully saturated rings. The van der Waals surface area contributed by atoms with E-state index in [-0.39, 0.29) is 10.5 Å². The monoisotopic (exact) mass is 578 g/mol. The SMILES string of the molecule is CCn1c(=O)/c(=C2\Sc3c(ccc(F)c3F)N2C)s/c1=C\c1cccc[n+]1Cc1ccsc1Br. The summed E-state index contributed by atoms with van der Waals surface area (Å²) in [7, 11) is 1.77. The largest absolute Gasteiger partial charge is 0.337 e. The highest BCUT2D eigenvalue weighted by atomic mass is 79.9. The van der Waals surface area contributed by atoms with Crippen molar-refractivity contribution in [2.45, 2.75) is 24.9 Å². The average molecular weight is 580 g/mol. The fourth-order valence-corrected chi connectivity index (χ4v) is 7.54. The van der Waals surface area contributed by atoms with Crippen LogP contribution in [-0.2, 0) is 13.1 Å². The second-order valence-corrected chi connectivity index (χ2v) is 11.9. The maximum absolute atomic E-state index is 14.4. The number of aromatic nitrogens is 2. The lowest BCUT2D eigenvalue weighted by atomic mass is 10.3. The molecule has 4 nitrogen and oxygen atoms in total. The zero-order chi connectivity index (χ0) is 24.0. The number of thiazole rings is 1. The summed E-state index contributed by atoms with van der Waals surface area (Å²) >= 11 is 7.72. The van der Waals surface area contributed by atoms with Crippen LogP contribution in [0.2, 0.25) is 0 Å². The highest BCUT2D eigenvalue weighted by molar-refractivity contribution is 9.11. The lowest BCUT2D eigenvalue weighted by Gasteiger charge is -2.12. The number of rotatable bonds is 4. The summed E-state index contributed by atoms with van der Waals surface area (Å²) in [5.41, 5.74) is 2.57. The number of nitrogens with zero attached hydrogens (tertiary/aromatic N) is 3. The van der Waals surface area contributed by atoms with E-state index in [0.717, 1.165) is 32.0 Å². The minimum Gasteiger partial charge on any atom is -0.337 e. The first-order valence-electron chi connectivity index (χ1n) is 10.4. The lowest BCUT2D eigenvalue weighted by molar-refractivity contribution is -0.690. The maximum atomic E-state index is 14.4. The highest BCUT2D eigenvalue weighted by Gasteiger charge is 2.29. The van der Waals surface area contributed by atoms with Gasteiger partial charge in [0.25, 0.3) is 5.56 Å². The number of thiophene rings is 1. The molecule has 0 bridgehead atoms. The van der Waals surface area contributed by atoms with E-state index in [1.807, 2.05) is 42.8 Å². The molecule has 34 heavy (non-hydrogen) atoms. The first-order chi connectivity index (χ1) is 16.4. The molecule has 174 valence electrons. The van der Waals surface area contributed by atoms with Gasteiger partial charge in [-0.05, 0) is 52.5 Å². The third-order valence-electron chi connectivity index (χ3n) is 5.60. The molecule has 4 aromatic rings. The second kappa shape index (κ2) is 9.41. The molecule has 0 aliphatic carbocycles. The maximum Gasteiger partial charge on any atom is 0.271 e. The molecule has 4 heterocycles. The normalized spacial score (nSPS) is 15.3. The van der Waals surface area contributed by atoms with Gasteiger partial charge in [0.2, 0.25) is 5.69 Å². The van der Waals surface area contributed by atoms with Crippen LogP contribution < -0.4 is 24.2 Å². The predicted octanol–water partition coefficient (Wildman–Crippen LogP) is 4.50. The third kappa shape index (κ3) is 4.06. The number of hydrogen-bond acceptors (Lipinski definition) is 5. The summed E-state index contributed by atoms with van der Waals surface area (Å²) in [6.45, 7) is 3.12. The van der Waals surface area contributed by atoms with Crippen molar-refractivity contribution in [2.75, 3.05) is 11.9 Å². The minimum atomic E-state index is -0.891. The van der Waals surface area contributed by atoms with Crippen LogP contribution in [0, 0.1) is 11.6 Å². The number of fused-ring (bicyclic) bond motifs is 1. The van der Waals surface area contributed by atoms with Crippen LogP contribution in [0.5, 0.6) is 0 Å². The van der Waals surface area contributed by atoms with Gasteiger partial charge in [-0.3, -0.25) is 9.36 Å². The Balaban J connectivity index is 1.65. The molecule has 0 saturated carbocycles. The summed E-state index contributed by atoms with van der Waals surface area (Å²) in [6, 6.07) is 10.7. The molecular formula is C24H19BrF2N3OS3+. The van der Waals surface area contributed by atoms with Crippen LogP contribution in [0.3, 0.4) is 0 Å². The first kappa shape index (κ1) is 23.5. The molecule has 1 aliphatic heterocycles. The first-order valence-corrected chi connectivity index (χ1v) is 13.7. The molecule has 0 unspecified atom stereocenters. The summed E-state index contributed by atoms with van der Waals surface area (Å²) in [4.78, 5) is 15.3. The molecule has 0 atom stereocenters. The number of halogens is 3. The fourth-order valence-electron chi connectivity index (χ4n) is 3.83. The molecule has 0 amide bonds. The molecule has 1 aromatic carbocycles. The lowest BCUT2D eigenvalue weighted by Crippen LogP contribution is -2.38. The molecular weight excluding hydrogens is 560 g/mol. The quantitative estimate of drug-likeness (QED) is 0.334. The van der Waals surface area contributed by atoms with Crippen molar-refractivity contribution in [1.29, 1.82) is 0 Å². The molecule has 0 N–H and O–H groups in total. The van der Waals surface area contributed by atoms with Gasteiger partial charge in [0.1, 0.15) is 14.2 Å². The van der Waals surface area contributed by atoms with Crippen molar-refractivity contribution < 1.29 is 13.3 Å². The third-order valence-corrected chi connectivity index (χ3v) is 9.92. The Morgan fingerprint density at radius 1 is 1.18 bits per heavy atom. The smallest absolute Gasteiger partial charge is 0.271 e. The van der Waals surface area contributed by atoms with Gasteiger partial charge in [0, 0.05) is 37.4 Å². The predicted molar refractivity (Wildman–Crippen MR) is 139 cm³/mol. The van der Waals surface area contributed by atoms with Gasteiger partial charge in [0.15, 0.2) is 24.4 Å². The number of hydrogen-bond donors (Lipinski definition) is 0. The highest BCUT2D eigenvalue weighted by Crippen LogP contribution is 2.47. The van der Waals surface area contributed by atoms with Gasteiger partial charge >= 0.3 is 0 Å². The number of anilines is 1. The summed E-state index contributed by atoms with van der Waals surface area (Å²) in [6.07, 6.45) is 4.02. The molecule has 0 saturated heterocycles. The number of thioether (sulfide) groups is 1. The standard InChI is InChI=1S/C24H19BrF2N3OS3/c1-3-30-18(12-15-6-4-5-10-29(15)13-14-9-11-32-22(14)25)33-21(23(30)31)24-28(2)17-8-7-16(26)19(27)20(17)34-24/h4-12H,3,13H2,1-2H3/q+1/b24-21+. The zero-order valence-electron chi connectivity index (χ0n) is 18.2. The second-order valence-electron chi connectivity index (χ2n) is 7.61. The fraction of sp³-hybridized carbons (Fsp3) is 0.167. The number of benzene rings is 1. The van der Waals surface area contributed by atoms with Crippen LogP contribution in [0.25, 0.3) is 11.1 Å². The Bertz CT molecular complexity index is 1590. The van der Waals surface area contributed by atoms with Crippen molar-refractivity contribution in [1.82, 2.24) is 4.57 Å². The van der Waals surface area contributed by atoms with E-state index in [4.69, 9.17) is 0 Å². The van der Waals surface area contributed by atoms with Gasteiger partial charge in [0.05, 0.1) is 14.4 Å². The van der Waals surface area contributed by atoms with Crippen LogP contribution in [0.1, 0.15) is 18.2 Å². The van der Waals surface area contributed by atoms with E-state index in [2.05, 4.69) is 26.6 Å². The van der Waals surface area contributed by atoms with Crippen molar-refractivity contribution in [3.63, 3.8) is 0 Å². The summed E-state index contributed by atoms with van der Waals surface area (Å²) in [5.74, 6) is -1.77. The van der Waals surface area contributed by atoms with E-state index >= 15 is 0 Å². The van der Waals surface area contributed by atoms with E-state index in [0.29, 0.717) is 28.3 Å². The molecule has 10 heteroatoms. The zero-order valence-corrected chi connectivity index (χ0v) is 22.3.